The van der Waals surface area contributed by atoms with E-state index in [-0.39, 0.29) is 30.5 Å². The second-order valence-corrected chi connectivity index (χ2v) is 6.46. The smallest absolute Gasteiger partial charge is 0.392 e. The topological polar surface area (TPSA) is 81.2 Å². The van der Waals surface area contributed by atoms with Crippen molar-refractivity contribution in [1.82, 2.24) is 15.3 Å². The lowest BCUT2D eigenvalue weighted by Crippen LogP contribution is -2.23. The number of halogens is 3. The number of ketones is 1. The number of hydrogen-bond acceptors (Lipinski definition) is 5. The Morgan fingerprint density at radius 1 is 1.21 bits per heavy atom. The summed E-state index contributed by atoms with van der Waals surface area (Å²) in [5.74, 6) is -0.205. The van der Waals surface area contributed by atoms with Crippen LogP contribution >= 0.6 is 0 Å². The number of carbonyl (C=O) groups excluding carboxylic acids is 2. The zero-order valence-electron chi connectivity index (χ0n) is 16.2. The molecule has 0 aliphatic heterocycles. The van der Waals surface area contributed by atoms with Gasteiger partial charge in [-0.25, -0.2) is 4.98 Å². The summed E-state index contributed by atoms with van der Waals surface area (Å²) in [6.45, 7) is 3.20. The van der Waals surface area contributed by atoms with Crippen LogP contribution in [0.2, 0.25) is 0 Å². The second-order valence-electron chi connectivity index (χ2n) is 6.46. The minimum absolute atomic E-state index is 0.0399. The summed E-state index contributed by atoms with van der Waals surface area (Å²) in [4.78, 5) is 32.2. The minimum Gasteiger partial charge on any atom is -0.477 e. The van der Waals surface area contributed by atoms with E-state index < -0.39 is 19.2 Å². The standard InChI is InChI=1S/C20H22F3N3O3/c1-3-17(27)10-16-9-15(8-13(2)26-16)19(28)25-12-14-4-5-18(24-11-14)29-7-6-20(21,22)23/h4-5,8-9,11H,3,6-7,10,12H2,1-2H3,(H,25,28). The van der Waals surface area contributed by atoms with Gasteiger partial charge in [0.15, 0.2) is 0 Å². The van der Waals surface area contributed by atoms with Gasteiger partial charge in [0.05, 0.1) is 13.0 Å². The van der Waals surface area contributed by atoms with E-state index in [0.717, 1.165) is 0 Å². The van der Waals surface area contributed by atoms with Crippen molar-refractivity contribution in [3.8, 4) is 5.88 Å². The Hall–Kier alpha value is -2.97. The van der Waals surface area contributed by atoms with Crippen LogP contribution in [0.4, 0.5) is 13.2 Å². The Morgan fingerprint density at radius 3 is 2.59 bits per heavy atom. The molecule has 2 heterocycles. The van der Waals surface area contributed by atoms with Crippen LogP contribution in [0, 0.1) is 6.92 Å². The van der Waals surface area contributed by atoms with E-state index >= 15 is 0 Å². The van der Waals surface area contributed by atoms with Gasteiger partial charge in [-0.1, -0.05) is 13.0 Å². The Kier molecular flexibility index (Phi) is 7.69. The molecular formula is C20H22F3N3O3. The summed E-state index contributed by atoms with van der Waals surface area (Å²) in [5.41, 5.74) is 2.24. The molecule has 0 spiro atoms. The summed E-state index contributed by atoms with van der Waals surface area (Å²) in [7, 11) is 0. The summed E-state index contributed by atoms with van der Waals surface area (Å²) in [6, 6.07) is 6.28. The molecule has 0 bridgehead atoms. The molecule has 9 heteroatoms. The number of nitrogens with zero attached hydrogens (tertiary/aromatic N) is 2. The number of rotatable bonds is 9. The highest BCUT2D eigenvalue weighted by atomic mass is 19.4. The molecule has 1 amide bonds. The molecule has 0 fully saturated rings. The molecule has 2 aromatic rings. The van der Waals surface area contributed by atoms with Crippen molar-refractivity contribution in [3.05, 3.63) is 53.0 Å². The van der Waals surface area contributed by atoms with Crippen molar-refractivity contribution in [2.75, 3.05) is 6.61 Å². The third-order valence-electron chi connectivity index (χ3n) is 3.93. The quantitative estimate of drug-likeness (QED) is 0.685. The molecule has 0 saturated heterocycles. The zero-order valence-corrected chi connectivity index (χ0v) is 16.2. The maximum absolute atomic E-state index is 12.4. The van der Waals surface area contributed by atoms with Crippen LogP contribution in [-0.4, -0.2) is 34.4 Å². The van der Waals surface area contributed by atoms with Crippen molar-refractivity contribution in [2.45, 2.75) is 45.8 Å². The van der Waals surface area contributed by atoms with Crippen molar-refractivity contribution in [1.29, 1.82) is 0 Å². The largest absolute Gasteiger partial charge is 0.477 e. The molecule has 0 aliphatic carbocycles. The molecule has 156 valence electrons. The average Bonchev–Trinajstić information content (AvgIpc) is 2.65. The molecule has 0 aromatic carbocycles. The number of hydrogen-bond donors (Lipinski definition) is 1. The predicted molar refractivity (Wildman–Crippen MR) is 99.6 cm³/mol. The summed E-state index contributed by atoms with van der Waals surface area (Å²) >= 11 is 0. The monoisotopic (exact) mass is 409 g/mol. The summed E-state index contributed by atoms with van der Waals surface area (Å²) in [6.07, 6.45) is -3.33. The van der Waals surface area contributed by atoms with Crippen LogP contribution in [-0.2, 0) is 17.8 Å². The van der Waals surface area contributed by atoms with Crippen LogP contribution in [0.25, 0.3) is 0 Å². The van der Waals surface area contributed by atoms with Gasteiger partial charge in [0.1, 0.15) is 5.78 Å². The number of Topliss-reactive ketones (excluding diaryl/α,β-unsaturated/α-hetero) is 1. The Bertz CT molecular complexity index is 852. The molecule has 0 atom stereocenters. The lowest BCUT2D eigenvalue weighted by Gasteiger charge is -2.09. The number of aryl methyl sites for hydroxylation is 1. The lowest BCUT2D eigenvalue weighted by molar-refractivity contribution is -0.139. The van der Waals surface area contributed by atoms with Gasteiger partial charge in [-0.05, 0) is 24.6 Å². The first kappa shape index (κ1) is 22.3. The Balaban J connectivity index is 1.91. The lowest BCUT2D eigenvalue weighted by atomic mass is 10.1. The first-order chi connectivity index (χ1) is 13.7. The fourth-order valence-electron chi connectivity index (χ4n) is 2.44. The van der Waals surface area contributed by atoms with Gasteiger partial charge >= 0.3 is 6.18 Å². The van der Waals surface area contributed by atoms with E-state index in [2.05, 4.69) is 15.3 Å². The van der Waals surface area contributed by atoms with Crippen LogP contribution < -0.4 is 10.1 Å². The molecule has 6 nitrogen and oxygen atoms in total. The van der Waals surface area contributed by atoms with Crippen molar-refractivity contribution in [2.24, 2.45) is 0 Å². The molecule has 0 unspecified atom stereocenters. The highest BCUT2D eigenvalue weighted by Crippen LogP contribution is 2.19. The number of amides is 1. The van der Waals surface area contributed by atoms with Crippen LogP contribution in [0.15, 0.2) is 30.5 Å². The van der Waals surface area contributed by atoms with Gasteiger partial charge in [-0.2, -0.15) is 13.2 Å². The first-order valence-corrected chi connectivity index (χ1v) is 9.08. The molecule has 0 radical (unpaired) electrons. The minimum atomic E-state index is -4.28. The van der Waals surface area contributed by atoms with E-state index in [0.29, 0.717) is 28.9 Å². The average molecular weight is 409 g/mol. The van der Waals surface area contributed by atoms with E-state index in [1.165, 1.54) is 12.3 Å². The fourth-order valence-corrected chi connectivity index (χ4v) is 2.44. The van der Waals surface area contributed by atoms with Gasteiger partial charge in [0.2, 0.25) is 5.88 Å². The number of nitrogens with one attached hydrogen (secondary N) is 1. The molecule has 1 N–H and O–H groups in total. The predicted octanol–water partition coefficient (Wildman–Crippen LogP) is 3.57. The Morgan fingerprint density at radius 2 is 1.97 bits per heavy atom. The fraction of sp³-hybridized carbons (Fsp3) is 0.400. The highest BCUT2D eigenvalue weighted by molar-refractivity contribution is 5.94. The maximum atomic E-state index is 12.4. The first-order valence-electron chi connectivity index (χ1n) is 9.08. The molecule has 0 aliphatic rings. The highest BCUT2D eigenvalue weighted by Gasteiger charge is 2.26. The third kappa shape index (κ3) is 7.89. The maximum Gasteiger partial charge on any atom is 0.392 e. The number of pyridine rings is 2. The van der Waals surface area contributed by atoms with E-state index in [4.69, 9.17) is 4.74 Å². The number of carbonyl (C=O) groups is 2. The Labute approximate surface area is 166 Å². The van der Waals surface area contributed by atoms with E-state index in [1.54, 1.807) is 32.0 Å². The van der Waals surface area contributed by atoms with Gasteiger partial charge in [0.25, 0.3) is 5.91 Å². The van der Waals surface area contributed by atoms with Crippen LogP contribution in [0.3, 0.4) is 0 Å². The van der Waals surface area contributed by atoms with Crippen molar-refractivity contribution in [3.63, 3.8) is 0 Å². The molecule has 2 rings (SSSR count). The van der Waals surface area contributed by atoms with Gasteiger partial charge in [-0.3, -0.25) is 14.6 Å². The summed E-state index contributed by atoms with van der Waals surface area (Å²) in [5, 5.41) is 2.74. The van der Waals surface area contributed by atoms with E-state index in [9.17, 15) is 22.8 Å². The van der Waals surface area contributed by atoms with Crippen molar-refractivity contribution < 1.29 is 27.5 Å². The van der Waals surface area contributed by atoms with Gasteiger partial charge in [-0.15, -0.1) is 0 Å². The van der Waals surface area contributed by atoms with Crippen molar-refractivity contribution >= 4 is 11.7 Å². The molecule has 2 aromatic heterocycles. The number of ether oxygens (including phenoxy) is 1. The van der Waals surface area contributed by atoms with Gasteiger partial charge < -0.3 is 10.1 Å². The van der Waals surface area contributed by atoms with Crippen LogP contribution in [0.1, 0.15) is 47.1 Å². The molecule has 29 heavy (non-hydrogen) atoms. The SMILES string of the molecule is CCC(=O)Cc1cc(C(=O)NCc2ccc(OCCC(F)(F)F)nc2)cc(C)n1. The zero-order chi connectivity index (χ0) is 21.4. The normalized spacial score (nSPS) is 11.2. The van der Waals surface area contributed by atoms with E-state index in [1.807, 2.05) is 0 Å². The second kappa shape index (κ2) is 9.99. The van der Waals surface area contributed by atoms with Gasteiger partial charge in [0, 0.05) is 48.6 Å². The number of alkyl halides is 3. The van der Waals surface area contributed by atoms with Crippen LogP contribution in [0.5, 0.6) is 5.88 Å². The molecular weight excluding hydrogens is 387 g/mol. The summed E-state index contributed by atoms with van der Waals surface area (Å²) < 4.78 is 41.3. The molecule has 0 saturated carbocycles. The number of aromatic nitrogens is 2. The third-order valence-corrected chi connectivity index (χ3v) is 3.93.